The van der Waals surface area contributed by atoms with E-state index in [4.69, 9.17) is 4.74 Å². The van der Waals surface area contributed by atoms with E-state index >= 15 is 0 Å². The number of aromatic nitrogens is 1. The van der Waals surface area contributed by atoms with Crippen LogP contribution in [0.15, 0.2) is 12.1 Å². The van der Waals surface area contributed by atoms with Gasteiger partial charge in [-0.25, -0.2) is 4.98 Å². The zero-order chi connectivity index (χ0) is 18.8. The van der Waals surface area contributed by atoms with Gasteiger partial charge in [0.1, 0.15) is 5.52 Å². The first kappa shape index (κ1) is 16.9. The number of ether oxygens (including phenoxy) is 1. The molecule has 2 aromatic rings. The number of anilines is 1. The minimum Gasteiger partial charge on any atom is -0.494 e. The average Bonchev–Trinajstić information content (AvgIpc) is 3.01. The first-order valence-electron chi connectivity index (χ1n) is 9.40. The molecule has 1 amide bonds. The van der Waals surface area contributed by atoms with Crippen molar-refractivity contribution in [2.24, 2.45) is 23.2 Å². The minimum atomic E-state index is -0.449. The quantitative estimate of drug-likeness (QED) is 0.621. The van der Waals surface area contributed by atoms with E-state index in [2.05, 4.69) is 10.3 Å². The first-order chi connectivity index (χ1) is 13.0. The van der Waals surface area contributed by atoms with Gasteiger partial charge in [-0.1, -0.05) is 11.3 Å². The van der Waals surface area contributed by atoms with E-state index in [0.29, 0.717) is 38.9 Å². The highest BCUT2D eigenvalue weighted by Crippen LogP contribution is 2.60. The molecule has 4 aliphatic rings. The summed E-state index contributed by atoms with van der Waals surface area (Å²) in [7, 11) is 1.46. The number of carbonyl (C=O) groups is 1. The van der Waals surface area contributed by atoms with Gasteiger partial charge in [0.15, 0.2) is 10.9 Å². The van der Waals surface area contributed by atoms with Gasteiger partial charge in [0.05, 0.1) is 28.2 Å². The summed E-state index contributed by atoms with van der Waals surface area (Å²) >= 11 is 1.26. The molecule has 1 N–H and O–H groups in total. The first-order valence-corrected chi connectivity index (χ1v) is 10.2. The van der Waals surface area contributed by atoms with Crippen LogP contribution < -0.4 is 10.1 Å². The summed E-state index contributed by atoms with van der Waals surface area (Å²) in [6.45, 7) is 0. The Kier molecular flexibility index (Phi) is 3.69. The number of carbonyl (C=O) groups excluding carboxylic acids is 1. The van der Waals surface area contributed by atoms with E-state index in [1.807, 2.05) is 0 Å². The molecule has 142 valence electrons. The lowest BCUT2D eigenvalue weighted by atomic mass is 9.49. The van der Waals surface area contributed by atoms with Crippen LogP contribution in [-0.4, -0.2) is 22.9 Å². The van der Waals surface area contributed by atoms with E-state index in [0.717, 1.165) is 19.3 Å². The van der Waals surface area contributed by atoms with Crippen molar-refractivity contribution in [3.63, 3.8) is 0 Å². The fraction of sp³-hybridized carbons (Fsp3) is 0.579. The maximum atomic E-state index is 13.2. The standard InChI is InChI=1S/C19H21N3O4S/c1-26-14-5-13(22(24)25)6-15-16(14)20-18(27-15)21-17(23)19-7-10-2-11(8-19)4-12(3-10)9-19/h5-6,10-12H,2-4,7-9H2,1H3,(H,20,21,23). The van der Waals surface area contributed by atoms with Gasteiger partial charge in [-0.15, -0.1) is 0 Å². The summed E-state index contributed by atoms with van der Waals surface area (Å²) in [6.07, 6.45) is 6.83. The molecule has 0 atom stereocenters. The molecule has 4 aliphatic carbocycles. The largest absolute Gasteiger partial charge is 0.494 e. The molecule has 1 aromatic carbocycles. The van der Waals surface area contributed by atoms with Crippen molar-refractivity contribution in [3.05, 3.63) is 22.2 Å². The molecule has 1 aromatic heterocycles. The predicted molar refractivity (Wildman–Crippen MR) is 102 cm³/mol. The molecule has 7 nitrogen and oxygen atoms in total. The second-order valence-electron chi connectivity index (χ2n) is 8.42. The van der Waals surface area contributed by atoms with Crippen LogP contribution >= 0.6 is 11.3 Å². The SMILES string of the molecule is COc1cc([N+](=O)[O-])cc2sc(NC(=O)C34CC5CC(CC(C5)C3)C4)nc12. The van der Waals surface area contributed by atoms with Crippen molar-refractivity contribution in [2.45, 2.75) is 38.5 Å². The number of thiazole rings is 1. The number of rotatable bonds is 4. The van der Waals surface area contributed by atoms with Crippen LogP contribution in [-0.2, 0) is 4.79 Å². The van der Waals surface area contributed by atoms with Crippen LogP contribution in [0.25, 0.3) is 10.2 Å². The molecule has 0 aliphatic heterocycles. The number of methoxy groups -OCH3 is 1. The number of fused-ring (bicyclic) bond motifs is 1. The monoisotopic (exact) mass is 387 g/mol. The Balaban J connectivity index is 1.44. The molecule has 0 unspecified atom stereocenters. The van der Waals surface area contributed by atoms with Crippen LogP contribution in [0.2, 0.25) is 0 Å². The lowest BCUT2D eigenvalue weighted by molar-refractivity contribution is -0.384. The number of nitrogens with zero attached hydrogens (tertiary/aromatic N) is 2. The van der Waals surface area contributed by atoms with Crippen LogP contribution in [0.1, 0.15) is 38.5 Å². The van der Waals surface area contributed by atoms with Gasteiger partial charge in [-0.2, -0.15) is 0 Å². The number of benzene rings is 1. The number of nitro groups is 1. The third kappa shape index (κ3) is 2.69. The molecule has 0 spiro atoms. The van der Waals surface area contributed by atoms with Crippen LogP contribution in [0, 0.1) is 33.3 Å². The van der Waals surface area contributed by atoms with E-state index < -0.39 is 4.92 Å². The minimum absolute atomic E-state index is 0.0399. The second kappa shape index (κ2) is 5.89. The summed E-state index contributed by atoms with van der Waals surface area (Å²) in [5.74, 6) is 2.51. The van der Waals surface area contributed by atoms with E-state index in [1.54, 1.807) is 0 Å². The number of hydrogen-bond donors (Lipinski definition) is 1. The zero-order valence-electron chi connectivity index (χ0n) is 15.1. The zero-order valence-corrected chi connectivity index (χ0v) is 15.9. The van der Waals surface area contributed by atoms with Crippen LogP contribution in [0.5, 0.6) is 5.75 Å². The summed E-state index contributed by atoms with van der Waals surface area (Å²) in [5.41, 5.74) is 0.263. The van der Waals surface area contributed by atoms with E-state index in [9.17, 15) is 14.9 Å². The van der Waals surface area contributed by atoms with Crippen molar-refractivity contribution in [1.82, 2.24) is 4.98 Å². The molecule has 8 heteroatoms. The number of nitro benzene ring substituents is 1. The Hall–Kier alpha value is -2.22. The van der Waals surface area contributed by atoms with Crippen LogP contribution in [0.4, 0.5) is 10.8 Å². The number of hydrogen-bond acceptors (Lipinski definition) is 6. The number of non-ortho nitro benzene ring substituents is 1. The molecular formula is C19H21N3O4S. The van der Waals surface area contributed by atoms with Gasteiger partial charge in [0, 0.05) is 6.07 Å². The summed E-state index contributed by atoms with van der Waals surface area (Å²) in [6, 6.07) is 2.85. The third-order valence-electron chi connectivity index (χ3n) is 6.62. The van der Waals surface area contributed by atoms with Crippen molar-refractivity contribution >= 4 is 38.3 Å². The van der Waals surface area contributed by atoms with Gasteiger partial charge >= 0.3 is 0 Å². The predicted octanol–water partition coefficient (Wildman–Crippen LogP) is 4.37. The molecule has 0 saturated heterocycles. The smallest absolute Gasteiger partial charge is 0.274 e. The Labute approximate surface area is 160 Å². The van der Waals surface area contributed by atoms with Crippen molar-refractivity contribution < 1.29 is 14.5 Å². The lowest BCUT2D eigenvalue weighted by Gasteiger charge is -2.55. The Bertz CT molecular complexity index is 919. The maximum Gasteiger partial charge on any atom is 0.274 e. The fourth-order valence-electron chi connectivity index (χ4n) is 5.92. The highest BCUT2D eigenvalue weighted by atomic mass is 32.1. The Morgan fingerprint density at radius 1 is 1.26 bits per heavy atom. The lowest BCUT2D eigenvalue weighted by Crippen LogP contribution is -2.51. The summed E-state index contributed by atoms with van der Waals surface area (Å²) < 4.78 is 5.90. The van der Waals surface area contributed by atoms with Crippen LogP contribution in [0.3, 0.4) is 0 Å². The van der Waals surface area contributed by atoms with Gasteiger partial charge < -0.3 is 10.1 Å². The summed E-state index contributed by atoms with van der Waals surface area (Å²) in [4.78, 5) is 28.4. The molecule has 1 heterocycles. The average molecular weight is 387 g/mol. The summed E-state index contributed by atoms with van der Waals surface area (Å²) in [5, 5.41) is 14.6. The molecule has 0 radical (unpaired) electrons. The molecule has 4 fully saturated rings. The number of amides is 1. The van der Waals surface area contributed by atoms with Crippen molar-refractivity contribution in [3.8, 4) is 5.75 Å². The van der Waals surface area contributed by atoms with E-state index in [1.165, 1.54) is 49.8 Å². The van der Waals surface area contributed by atoms with Gasteiger partial charge in [-0.05, 0) is 56.3 Å². The van der Waals surface area contributed by atoms with Gasteiger partial charge in [0.25, 0.3) is 5.69 Å². The highest BCUT2D eigenvalue weighted by molar-refractivity contribution is 7.22. The molecule has 4 saturated carbocycles. The maximum absolute atomic E-state index is 13.2. The van der Waals surface area contributed by atoms with Gasteiger partial charge in [0.2, 0.25) is 5.91 Å². The topological polar surface area (TPSA) is 94.4 Å². The van der Waals surface area contributed by atoms with Crippen molar-refractivity contribution in [2.75, 3.05) is 12.4 Å². The fourth-order valence-corrected chi connectivity index (χ4v) is 6.83. The molecule has 6 rings (SSSR count). The van der Waals surface area contributed by atoms with Gasteiger partial charge in [-0.3, -0.25) is 14.9 Å². The highest BCUT2D eigenvalue weighted by Gasteiger charge is 2.54. The third-order valence-corrected chi connectivity index (χ3v) is 7.53. The van der Waals surface area contributed by atoms with E-state index in [-0.39, 0.29) is 17.0 Å². The Morgan fingerprint density at radius 3 is 2.44 bits per heavy atom. The molecule has 27 heavy (non-hydrogen) atoms. The Morgan fingerprint density at radius 2 is 1.89 bits per heavy atom. The normalized spacial score (nSPS) is 31.2. The number of nitrogens with one attached hydrogen (secondary N) is 1. The molecule has 4 bridgehead atoms. The molecular weight excluding hydrogens is 366 g/mol. The second-order valence-corrected chi connectivity index (χ2v) is 9.45. The van der Waals surface area contributed by atoms with Crippen molar-refractivity contribution in [1.29, 1.82) is 0 Å².